The molecule has 0 aliphatic rings. The zero-order valence-corrected chi connectivity index (χ0v) is 26.1. The predicted octanol–water partition coefficient (Wildman–Crippen LogP) is 4.10. The molecule has 0 aliphatic heterocycles. The van der Waals surface area contributed by atoms with Crippen LogP contribution in [0, 0.1) is 0 Å². The van der Waals surface area contributed by atoms with E-state index in [1.165, 1.54) is 12.1 Å². The maximum atomic E-state index is 13.5. The Balaban J connectivity index is 0.00000441. The summed E-state index contributed by atoms with van der Waals surface area (Å²) >= 11 is 12.3. The Bertz CT molecular complexity index is 1730. The van der Waals surface area contributed by atoms with E-state index in [1.54, 1.807) is 50.2 Å². The van der Waals surface area contributed by atoms with Crippen LogP contribution in [0.25, 0.3) is 10.8 Å². The number of benzene rings is 4. The smallest absolute Gasteiger partial charge is 0.870 e. The summed E-state index contributed by atoms with van der Waals surface area (Å²) in [5, 5.41) is 25.9. The van der Waals surface area contributed by atoms with Crippen LogP contribution >= 0.6 is 23.2 Å². The number of halogens is 2. The molecule has 0 heterocycles. The summed E-state index contributed by atoms with van der Waals surface area (Å²) in [6.45, 7) is 3.92. The van der Waals surface area contributed by atoms with Gasteiger partial charge in [-0.2, -0.15) is 18.6 Å². The topological polar surface area (TPSA) is 140 Å². The second kappa shape index (κ2) is 13.3. The van der Waals surface area contributed by atoms with Crippen molar-refractivity contribution in [1.82, 2.24) is 0 Å². The summed E-state index contributed by atoms with van der Waals surface area (Å²) in [5.41, 5.74) is 0.462. The van der Waals surface area contributed by atoms with Crippen molar-refractivity contribution in [3.8, 4) is 11.5 Å². The molecule has 4 aromatic carbocycles. The summed E-state index contributed by atoms with van der Waals surface area (Å²) in [5.74, 6) is -1.04. The monoisotopic (exact) mass is 609 g/mol. The van der Waals surface area contributed by atoms with Crippen LogP contribution in [0.1, 0.15) is 29.8 Å². The number of nitrogens with zero attached hydrogens (tertiary/aromatic N) is 2. The molecule has 0 bridgehead atoms. The van der Waals surface area contributed by atoms with Gasteiger partial charge in [-0.3, -0.25) is 9.35 Å². The van der Waals surface area contributed by atoms with E-state index in [4.69, 9.17) is 27.9 Å². The first kappa shape index (κ1) is 31.8. The van der Waals surface area contributed by atoms with E-state index in [0.29, 0.717) is 40.1 Å². The fourth-order valence-corrected chi connectivity index (χ4v) is 5.05. The van der Waals surface area contributed by atoms with Gasteiger partial charge in [0.25, 0.3) is 16.0 Å². The summed E-state index contributed by atoms with van der Waals surface area (Å²) in [6.07, 6.45) is 0.369. The first-order chi connectivity index (χ1) is 18.5. The van der Waals surface area contributed by atoms with Crippen molar-refractivity contribution >= 4 is 67.1 Å². The molecule has 0 aliphatic carbocycles. The average molecular weight is 610 g/mol. The van der Waals surface area contributed by atoms with Crippen LogP contribution in [-0.2, 0) is 16.5 Å². The standard InChI is InChI=1S/C27H23Cl2N3O6S.Na/c1-3-18-21(29)13-17(39(35,36)37)14-22(18)31-32-25-19-8-6-5-7-15(19)11-20(26(25)33)27(34)30-23-12-16(28)9-10-24(23)38-4-2;/h5-14,33H,3-4H2,1-2H3,(H,30,34)(H,35,36,37);/q;+1/p-1. The van der Waals surface area contributed by atoms with Crippen LogP contribution in [0.2, 0.25) is 10.0 Å². The van der Waals surface area contributed by atoms with Gasteiger partial charge in [0.05, 0.1) is 28.6 Å². The van der Waals surface area contributed by atoms with Crippen LogP contribution in [-0.4, -0.2) is 25.5 Å². The van der Waals surface area contributed by atoms with Gasteiger partial charge in [0.2, 0.25) is 0 Å². The van der Waals surface area contributed by atoms with E-state index in [9.17, 15) is 22.9 Å². The van der Waals surface area contributed by atoms with Crippen LogP contribution < -0.4 is 44.7 Å². The van der Waals surface area contributed by atoms with Crippen LogP contribution in [0.5, 0.6) is 11.5 Å². The van der Waals surface area contributed by atoms with Crippen molar-refractivity contribution in [2.24, 2.45) is 10.2 Å². The summed E-state index contributed by atoms with van der Waals surface area (Å²) in [6, 6.07) is 15.2. The van der Waals surface area contributed by atoms with Gasteiger partial charge in [-0.05, 0) is 60.7 Å². The van der Waals surface area contributed by atoms with Crippen molar-refractivity contribution < 1.29 is 57.2 Å². The third-order valence-electron chi connectivity index (χ3n) is 5.76. The molecule has 13 heteroatoms. The van der Waals surface area contributed by atoms with Crippen molar-refractivity contribution in [3.63, 3.8) is 0 Å². The second-order valence-electron chi connectivity index (χ2n) is 8.28. The molecule has 0 aromatic heterocycles. The van der Waals surface area contributed by atoms with Gasteiger partial charge >= 0.3 is 29.6 Å². The molecule has 9 nitrogen and oxygen atoms in total. The Morgan fingerprint density at radius 1 is 1.05 bits per heavy atom. The largest absolute Gasteiger partial charge is 1.00 e. The van der Waals surface area contributed by atoms with E-state index >= 15 is 0 Å². The van der Waals surface area contributed by atoms with Crippen molar-refractivity contribution in [1.29, 1.82) is 0 Å². The maximum absolute atomic E-state index is 13.5. The van der Waals surface area contributed by atoms with Crippen molar-refractivity contribution in [2.45, 2.75) is 25.2 Å². The van der Waals surface area contributed by atoms with Crippen molar-refractivity contribution in [2.75, 3.05) is 11.9 Å². The van der Waals surface area contributed by atoms with Gasteiger partial charge in [-0.1, -0.05) is 60.1 Å². The molecule has 202 valence electrons. The van der Waals surface area contributed by atoms with Crippen LogP contribution in [0.15, 0.2) is 75.8 Å². The summed E-state index contributed by atoms with van der Waals surface area (Å²) in [4.78, 5) is 12.8. The Hall–Kier alpha value is -2.70. The number of hydrogen-bond donors (Lipinski definition) is 2. The zero-order valence-electron chi connectivity index (χ0n) is 21.7. The predicted molar refractivity (Wildman–Crippen MR) is 149 cm³/mol. The molecule has 40 heavy (non-hydrogen) atoms. The maximum Gasteiger partial charge on any atom is 1.00 e. The zero-order chi connectivity index (χ0) is 28.3. The van der Waals surface area contributed by atoms with Gasteiger partial charge < -0.3 is 15.2 Å². The Labute approximate surface area is 263 Å². The SMILES string of the molecule is CCOc1ccc(Cl)cc1NC(=O)c1cc2ccccc2c(N=Nc2cc(S(=O)(=O)O)cc(Cl)c2CC)c1[O-].[Na+]. The fourth-order valence-electron chi connectivity index (χ4n) is 3.94. The van der Waals surface area contributed by atoms with Gasteiger partial charge in [0.15, 0.2) is 0 Å². The number of nitrogens with one attached hydrogen (secondary N) is 1. The number of carbonyl (C=O) groups excluding carboxylic acids is 1. The average Bonchev–Trinajstić information content (AvgIpc) is 2.88. The molecule has 0 radical (unpaired) electrons. The van der Waals surface area contributed by atoms with E-state index < -0.39 is 26.7 Å². The normalized spacial score (nSPS) is 11.4. The summed E-state index contributed by atoms with van der Waals surface area (Å²) < 4.78 is 38.5. The Morgan fingerprint density at radius 3 is 2.45 bits per heavy atom. The number of ether oxygens (including phenoxy) is 1. The third-order valence-corrected chi connectivity index (χ3v) is 7.17. The quantitative estimate of drug-likeness (QED) is 0.175. The Kier molecular flexibility index (Phi) is 10.6. The molecule has 0 fully saturated rings. The second-order valence-corrected chi connectivity index (χ2v) is 10.5. The third kappa shape index (κ3) is 6.95. The number of rotatable bonds is 8. The summed E-state index contributed by atoms with van der Waals surface area (Å²) in [7, 11) is -4.58. The van der Waals surface area contributed by atoms with E-state index in [2.05, 4.69) is 15.5 Å². The first-order valence-electron chi connectivity index (χ1n) is 11.7. The number of amides is 1. The van der Waals surface area contributed by atoms with Crippen LogP contribution in [0.4, 0.5) is 17.1 Å². The number of hydrogen-bond acceptors (Lipinski definition) is 7. The van der Waals surface area contributed by atoms with E-state index in [0.717, 1.165) is 12.1 Å². The van der Waals surface area contributed by atoms with Gasteiger partial charge in [0.1, 0.15) is 5.75 Å². The number of azo groups is 1. The van der Waals surface area contributed by atoms with Crippen molar-refractivity contribution in [3.05, 3.63) is 81.8 Å². The minimum atomic E-state index is -4.58. The van der Waals surface area contributed by atoms with E-state index in [1.807, 2.05) is 0 Å². The minimum absolute atomic E-state index is 0. The molecule has 0 unspecified atom stereocenters. The van der Waals surface area contributed by atoms with Gasteiger partial charge in [-0.25, -0.2) is 0 Å². The molecule has 0 atom stereocenters. The number of carbonyl (C=O) groups is 1. The van der Waals surface area contributed by atoms with Gasteiger partial charge in [-0.15, -0.1) is 0 Å². The molecular weight excluding hydrogens is 588 g/mol. The molecule has 1 amide bonds. The molecule has 0 saturated heterocycles. The van der Waals surface area contributed by atoms with Crippen LogP contribution in [0.3, 0.4) is 0 Å². The molecular formula is C27H22Cl2N3NaO6S. The fraction of sp³-hybridized carbons (Fsp3) is 0.148. The molecule has 0 spiro atoms. The first-order valence-corrected chi connectivity index (χ1v) is 13.9. The molecule has 0 saturated carbocycles. The minimum Gasteiger partial charge on any atom is -0.870 e. The number of anilines is 1. The number of fused-ring (bicyclic) bond motifs is 1. The molecule has 4 rings (SSSR count). The van der Waals surface area contributed by atoms with E-state index in [-0.39, 0.29) is 57.2 Å². The van der Waals surface area contributed by atoms with Gasteiger partial charge in [0, 0.05) is 21.0 Å². The molecule has 2 N–H and O–H groups in total. The molecule has 4 aromatic rings. The Morgan fingerprint density at radius 2 is 1.77 bits per heavy atom.